The smallest absolute Gasteiger partial charge is 0.307 e. The van der Waals surface area contributed by atoms with Crippen LogP contribution >= 0.6 is 0 Å². The first-order valence-corrected chi connectivity index (χ1v) is 8.33. The minimum Gasteiger partial charge on any atom is -0.481 e. The molecule has 0 heterocycles. The van der Waals surface area contributed by atoms with Crippen molar-refractivity contribution in [2.45, 2.75) is 45.6 Å². The van der Waals surface area contributed by atoms with Gasteiger partial charge in [-0.15, -0.1) is 0 Å². The third-order valence-corrected chi connectivity index (χ3v) is 4.23. The van der Waals surface area contributed by atoms with E-state index < -0.39 is 17.8 Å². The molecule has 0 aliphatic heterocycles. The van der Waals surface area contributed by atoms with Crippen LogP contribution in [0.1, 0.15) is 49.9 Å². The van der Waals surface area contributed by atoms with Gasteiger partial charge in [-0.2, -0.15) is 0 Å². The lowest BCUT2D eigenvalue weighted by atomic mass is 9.78. The summed E-state index contributed by atoms with van der Waals surface area (Å²) in [6, 6.07) is 6.69. The van der Waals surface area contributed by atoms with Crippen LogP contribution < -0.4 is 10.6 Å². The van der Waals surface area contributed by atoms with Crippen molar-refractivity contribution in [1.29, 1.82) is 0 Å². The number of anilines is 1. The first-order valence-electron chi connectivity index (χ1n) is 8.33. The zero-order valence-corrected chi connectivity index (χ0v) is 14.0. The molecule has 0 unspecified atom stereocenters. The summed E-state index contributed by atoms with van der Waals surface area (Å²) in [6.45, 7) is 3.75. The Morgan fingerprint density at radius 1 is 1.12 bits per heavy atom. The Kier molecular flexibility index (Phi) is 5.95. The Morgan fingerprint density at radius 3 is 2.42 bits per heavy atom. The molecular weight excluding hydrogens is 308 g/mol. The van der Waals surface area contributed by atoms with Crippen molar-refractivity contribution in [3.8, 4) is 0 Å². The van der Waals surface area contributed by atoms with Gasteiger partial charge in [0.15, 0.2) is 0 Å². The zero-order valence-electron chi connectivity index (χ0n) is 14.0. The van der Waals surface area contributed by atoms with E-state index in [9.17, 15) is 19.5 Å². The lowest BCUT2D eigenvalue weighted by Crippen LogP contribution is -2.36. The monoisotopic (exact) mass is 332 g/mol. The highest BCUT2D eigenvalue weighted by molar-refractivity contribution is 5.98. The van der Waals surface area contributed by atoms with E-state index in [0.717, 1.165) is 12.8 Å². The van der Waals surface area contributed by atoms with Crippen LogP contribution in [0.25, 0.3) is 0 Å². The molecule has 0 aromatic heterocycles. The number of rotatable bonds is 5. The van der Waals surface area contributed by atoms with Crippen molar-refractivity contribution in [2.24, 2.45) is 11.8 Å². The highest BCUT2D eigenvalue weighted by Crippen LogP contribution is 2.31. The number of benzene rings is 1. The van der Waals surface area contributed by atoms with Crippen LogP contribution in [0.3, 0.4) is 0 Å². The minimum atomic E-state index is -0.917. The van der Waals surface area contributed by atoms with Gasteiger partial charge in [0.1, 0.15) is 0 Å². The summed E-state index contributed by atoms with van der Waals surface area (Å²) >= 11 is 0. The van der Waals surface area contributed by atoms with E-state index >= 15 is 0 Å². The number of hydrogen-bond donors (Lipinski definition) is 3. The molecule has 24 heavy (non-hydrogen) atoms. The van der Waals surface area contributed by atoms with Crippen molar-refractivity contribution in [3.05, 3.63) is 29.8 Å². The molecule has 1 aromatic rings. The Balaban J connectivity index is 2.08. The van der Waals surface area contributed by atoms with Gasteiger partial charge in [-0.25, -0.2) is 0 Å². The van der Waals surface area contributed by atoms with Crippen LogP contribution in [-0.2, 0) is 9.59 Å². The first kappa shape index (κ1) is 18.0. The number of carboxylic acid groups (broad SMARTS) is 1. The van der Waals surface area contributed by atoms with Gasteiger partial charge in [0.2, 0.25) is 5.91 Å². The first-order chi connectivity index (χ1) is 11.4. The lowest BCUT2D eigenvalue weighted by Gasteiger charge is -2.27. The van der Waals surface area contributed by atoms with Crippen LogP contribution in [0, 0.1) is 11.8 Å². The molecule has 0 saturated heterocycles. The average Bonchev–Trinajstić information content (AvgIpc) is 2.54. The van der Waals surface area contributed by atoms with Gasteiger partial charge < -0.3 is 15.7 Å². The Morgan fingerprint density at radius 2 is 1.79 bits per heavy atom. The molecule has 1 saturated carbocycles. The van der Waals surface area contributed by atoms with E-state index in [1.807, 2.05) is 13.8 Å². The van der Waals surface area contributed by atoms with Crippen LogP contribution in [0.15, 0.2) is 24.3 Å². The molecule has 1 aliphatic rings. The molecule has 6 nitrogen and oxygen atoms in total. The summed E-state index contributed by atoms with van der Waals surface area (Å²) in [4.78, 5) is 35.8. The molecule has 3 N–H and O–H groups in total. The summed E-state index contributed by atoms with van der Waals surface area (Å²) < 4.78 is 0. The molecule has 0 spiro atoms. The standard InChI is InChI=1S/C18H24N2O4/c1-11(2)19-16(21)12-6-5-7-13(10-12)20-17(22)14-8-3-4-9-15(14)18(23)24/h5-7,10-11,14-15H,3-4,8-9H2,1-2H3,(H,19,21)(H,20,22)(H,23,24)/t14-,15+/m1/s1. The van der Waals surface area contributed by atoms with Gasteiger partial charge in [-0.3, -0.25) is 14.4 Å². The Bertz CT molecular complexity index is 627. The fourth-order valence-corrected chi connectivity index (χ4v) is 3.06. The molecule has 2 rings (SSSR count). The SMILES string of the molecule is CC(C)NC(=O)c1cccc(NC(=O)[C@@H]2CCCC[C@@H]2C(=O)O)c1. The average molecular weight is 332 g/mol. The van der Waals surface area contributed by atoms with E-state index in [4.69, 9.17) is 0 Å². The van der Waals surface area contributed by atoms with Crippen LogP contribution in [0.5, 0.6) is 0 Å². The maximum Gasteiger partial charge on any atom is 0.307 e. The summed E-state index contributed by atoms with van der Waals surface area (Å²) in [5.41, 5.74) is 0.964. The number of aliphatic carboxylic acids is 1. The molecule has 2 amide bonds. The molecule has 1 fully saturated rings. The summed E-state index contributed by atoms with van der Waals surface area (Å²) in [5.74, 6) is -2.57. The highest BCUT2D eigenvalue weighted by Gasteiger charge is 2.35. The topological polar surface area (TPSA) is 95.5 Å². The van der Waals surface area contributed by atoms with Crippen molar-refractivity contribution in [2.75, 3.05) is 5.32 Å². The van der Waals surface area contributed by atoms with Crippen LogP contribution in [0.2, 0.25) is 0 Å². The van der Waals surface area contributed by atoms with E-state index in [2.05, 4.69) is 10.6 Å². The number of hydrogen-bond acceptors (Lipinski definition) is 3. The number of carbonyl (C=O) groups excluding carboxylic acids is 2. The van der Waals surface area contributed by atoms with Crippen molar-refractivity contribution >= 4 is 23.5 Å². The zero-order chi connectivity index (χ0) is 17.7. The molecular formula is C18H24N2O4. The third-order valence-electron chi connectivity index (χ3n) is 4.23. The normalized spacial score (nSPS) is 20.5. The molecule has 2 atom stereocenters. The second-order valence-electron chi connectivity index (χ2n) is 6.53. The van der Waals surface area contributed by atoms with Gasteiger partial charge in [0.05, 0.1) is 11.8 Å². The van der Waals surface area contributed by atoms with Crippen molar-refractivity contribution in [3.63, 3.8) is 0 Å². The number of carbonyl (C=O) groups is 3. The summed E-state index contributed by atoms with van der Waals surface area (Å²) in [6.07, 6.45) is 2.81. The van der Waals surface area contributed by atoms with E-state index in [0.29, 0.717) is 24.1 Å². The number of amides is 2. The second-order valence-corrected chi connectivity index (χ2v) is 6.53. The van der Waals surface area contributed by atoms with Crippen molar-refractivity contribution < 1.29 is 19.5 Å². The number of carboxylic acids is 1. The predicted octanol–water partition coefficient (Wildman–Crippen LogP) is 2.65. The molecule has 6 heteroatoms. The Hall–Kier alpha value is -2.37. The minimum absolute atomic E-state index is 0.0225. The van der Waals surface area contributed by atoms with E-state index in [1.54, 1.807) is 24.3 Å². The quantitative estimate of drug-likeness (QED) is 0.772. The second kappa shape index (κ2) is 7.95. The molecule has 1 aromatic carbocycles. The van der Waals surface area contributed by atoms with E-state index in [-0.39, 0.29) is 17.9 Å². The predicted molar refractivity (Wildman–Crippen MR) is 90.8 cm³/mol. The summed E-state index contributed by atoms with van der Waals surface area (Å²) in [7, 11) is 0. The summed E-state index contributed by atoms with van der Waals surface area (Å²) in [5, 5.41) is 14.8. The molecule has 0 radical (unpaired) electrons. The fraction of sp³-hybridized carbons (Fsp3) is 0.500. The van der Waals surface area contributed by atoms with Crippen LogP contribution in [0.4, 0.5) is 5.69 Å². The van der Waals surface area contributed by atoms with Gasteiger partial charge in [-0.1, -0.05) is 18.9 Å². The molecule has 130 valence electrons. The maximum absolute atomic E-state index is 12.5. The number of nitrogens with one attached hydrogen (secondary N) is 2. The maximum atomic E-state index is 12.5. The lowest BCUT2D eigenvalue weighted by molar-refractivity contribution is -0.147. The Labute approximate surface area is 141 Å². The van der Waals surface area contributed by atoms with Gasteiger partial charge >= 0.3 is 5.97 Å². The largest absolute Gasteiger partial charge is 0.481 e. The molecule has 0 bridgehead atoms. The van der Waals surface area contributed by atoms with E-state index in [1.165, 1.54) is 0 Å². The highest BCUT2D eigenvalue weighted by atomic mass is 16.4. The van der Waals surface area contributed by atoms with Gasteiger partial charge in [0.25, 0.3) is 5.91 Å². The fourth-order valence-electron chi connectivity index (χ4n) is 3.06. The third kappa shape index (κ3) is 4.57. The van der Waals surface area contributed by atoms with Gasteiger partial charge in [-0.05, 0) is 44.9 Å². The van der Waals surface area contributed by atoms with Crippen molar-refractivity contribution in [1.82, 2.24) is 5.32 Å². The van der Waals surface area contributed by atoms with Crippen LogP contribution in [-0.4, -0.2) is 28.9 Å². The molecule has 1 aliphatic carbocycles. The van der Waals surface area contributed by atoms with Gasteiger partial charge in [0, 0.05) is 17.3 Å².